The zero-order valence-corrected chi connectivity index (χ0v) is 9.61. The molecule has 1 saturated carbocycles. The molecule has 3 heteroatoms. The Morgan fingerprint density at radius 3 is 2.75 bits per heavy atom. The van der Waals surface area contributed by atoms with Crippen LogP contribution in [0.25, 0.3) is 6.08 Å². The fraction of sp³-hybridized carbons (Fsp3) is 0.385. The third kappa shape index (κ3) is 1.62. The molecule has 0 bridgehead atoms. The minimum absolute atomic E-state index is 0.0419. The molecule has 84 valence electrons. The van der Waals surface area contributed by atoms with E-state index in [2.05, 4.69) is 16.6 Å². The quantitative estimate of drug-likeness (QED) is 0.787. The summed E-state index contributed by atoms with van der Waals surface area (Å²) in [7, 11) is 1.81. The maximum atomic E-state index is 5.81. The number of pyridine rings is 1. The first kappa shape index (κ1) is 10.9. The average molecular weight is 215 g/mol. The van der Waals surface area contributed by atoms with E-state index in [1.807, 2.05) is 25.4 Å². The second kappa shape index (κ2) is 4.08. The van der Waals surface area contributed by atoms with E-state index < -0.39 is 0 Å². The number of nitrogens with zero attached hydrogens (tertiary/aromatic N) is 2. The molecule has 1 aliphatic carbocycles. The summed E-state index contributed by atoms with van der Waals surface area (Å²) in [6.07, 6.45) is 7.20. The number of hydrogen-bond acceptors (Lipinski definition) is 3. The molecule has 0 aliphatic heterocycles. The summed E-state index contributed by atoms with van der Waals surface area (Å²) in [5.74, 6) is 0. The summed E-state index contributed by atoms with van der Waals surface area (Å²) >= 11 is 0. The SMILES string of the molecule is C=Cc1nc(C2(/C=N/C)CCC2)ccc1N. The van der Waals surface area contributed by atoms with Crippen molar-refractivity contribution in [2.24, 2.45) is 4.99 Å². The molecule has 0 atom stereocenters. The Kier molecular flexibility index (Phi) is 2.77. The highest BCUT2D eigenvalue weighted by atomic mass is 14.8. The van der Waals surface area contributed by atoms with Crippen molar-refractivity contribution in [3.8, 4) is 0 Å². The lowest BCUT2D eigenvalue weighted by Crippen LogP contribution is -2.37. The predicted molar refractivity (Wildman–Crippen MR) is 68.7 cm³/mol. The molecule has 0 unspecified atom stereocenters. The van der Waals surface area contributed by atoms with Crippen LogP contribution in [0.15, 0.2) is 23.7 Å². The fourth-order valence-electron chi connectivity index (χ4n) is 2.18. The predicted octanol–water partition coefficient (Wildman–Crippen LogP) is 2.43. The molecule has 3 nitrogen and oxygen atoms in total. The Morgan fingerprint density at radius 2 is 2.25 bits per heavy atom. The third-order valence-corrected chi connectivity index (χ3v) is 3.28. The molecule has 0 spiro atoms. The molecule has 0 aromatic carbocycles. The second-order valence-electron chi connectivity index (χ2n) is 4.27. The number of nitrogens with two attached hydrogens (primary N) is 1. The van der Waals surface area contributed by atoms with Gasteiger partial charge in [-0.3, -0.25) is 9.98 Å². The number of hydrogen-bond donors (Lipinski definition) is 1. The van der Waals surface area contributed by atoms with E-state index in [1.54, 1.807) is 6.08 Å². The zero-order chi connectivity index (χ0) is 11.6. The zero-order valence-electron chi connectivity index (χ0n) is 9.61. The molecule has 16 heavy (non-hydrogen) atoms. The van der Waals surface area contributed by atoms with Gasteiger partial charge < -0.3 is 5.73 Å². The highest BCUT2D eigenvalue weighted by Crippen LogP contribution is 2.41. The molecule has 1 aromatic heterocycles. The number of nitrogen functional groups attached to an aromatic ring is 1. The lowest BCUT2D eigenvalue weighted by atomic mass is 9.67. The fourth-order valence-corrected chi connectivity index (χ4v) is 2.18. The van der Waals surface area contributed by atoms with Crippen LogP contribution in [0.3, 0.4) is 0 Å². The van der Waals surface area contributed by atoms with Crippen LogP contribution in [0.2, 0.25) is 0 Å². The Hall–Kier alpha value is -1.64. The maximum Gasteiger partial charge on any atom is 0.0856 e. The molecular weight excluding hydrogens is 198 g/mol. The van der Waals surface area contributed by atoms with Crippen LogP contribution in [-0.2, 0) is 5.41 Å². The van der Waals surface area contributed by atoms with Crippen molar-refractivity contribution in [2.45, 2.75) is 24.7 Å². The van der Waals surface area contributed by atoms with Gasteiger partial charge >= 0.3 is 0 Å². The molecule has 1 aliphatic rings. The molecule has 1 heterocycles. The summed E-state index contributed by atoms with van der Waals surface area (Å²) < 4.78 is 0. The van der Waals surface area contributed by atoms with Gasteiger partial charge in [-0.1, -0.05) is 13.0 Å². The van der Waals surface area contributed by atoms with E-state index >= 15 is 0 Å². The number of aromatic nitrogens is 1. The monoisotopic (exact) mass is 215 g/mol. The van der Waals surface area contributed by atoms with Gasteiger partial charge in [-0.15, -0.1) is 0 Å². The Balaban J connectivity index is 2.43. The van der Waals surface area contributed by atoms with Crippen molar-refractivity contribution >= 4 is 18.0 Å². The van der Waals surface area contributed by atoms with E-state index in [4.69, 9.17) is 5.73 Å². The van der Waals surface area contributed by atoms with Crippen LogP contribution in [-0.4, -0.2) is 18.2 Å². The highest BCUT2D eigenvalue weighted by Gasteiger charge is 2.38. The van der Waals surface area contributed by atoms with Crippen LogP contribution in [0.5, 0.6) is 0 Å². The highest BCUT2D eigenvalue weighted by molar-refractivity contribution is 5.75. The minimum atomic E-state index is 0.0419. The van der Waals surface area contributed by atoms with Gasteiger partial charge in [-0.25, -0.2) is 0 Å². The van der Waals surface area contributed by atoms with Gasteiger partial charge in [0.25, 0.3) is 0 Å². The number of aliphatic imine (C=N–C) groups is 1. The van der Waals surface area contributed by atoms with E-state index in [0.29, 0.717) is 5.69 Å². The summed E-state index contributed by atoms with van der Waals surface area (Å²) in [5, 5.41) is 0. The Bertz CT molecular complexity index is 431. The first-order valence-electron chi connectivity index (χ1n) is 5.54. The van der Waals surface area contributed by atoms with Gasteiger partial charge in [0.2, 0.25) is 0 Å². The van der Waals surface area contributed by atoms with Crippen molar-refractivity contribution in [3.05, 3.63) is 30.1 Å². The topological polar surface area (TPSA) is 51.3 Å². The first-order chi connectivity index (χ1) is 7.72. The van der Waals surface area contributed by atoms with Crippen LogP contribution >= 0.6 is 0 Å². The second-order valence-corrected chi connectivity index (χ2v) is 4.27. The van der Waals surface area contributed by atoms with Gasteiger partial charge in [-0.2, -0.15) is 0 Å². The standard InChI is InChI=1S/C13H17N3/c1-3-11-10(14)5-6-12(16-11)13(9-15-2)7-4-8-13/h3,5-6,9H,1,4,7-8,14H2,2H3/b15-9+. The Labute approximate surface area is 96.1 Å². The molecule has 0 saturated heterocycles. The molecule has 2 N–H and O–H groups in total. The smallest absolute Gasteiger partial charge is 0.0856 e. The van der Waals surface area contributed by atoms with E-state index in [9.17, 15) is 0 Å². The van der Waals surface area contributed by atoms with Crippen LogP contribution in [0, 0.1) is 0 Å². The first-order valence-corrected chi connectivity index (χ1v) is 5.54. The van der Waals surface area contributed by atoms with E-state index in [0.717, 1.165) is 24.2 Å². The molecule has 0 radical (unpaired) electrons. The van der Waals surface area contributed by atoms with Crippen molar-refractivity contribution in [3.63, 3.8) is 0 Å². The minimum Gasteiger partial charge on any atom is -0.397 e. The van der Waals surface area contributed by atoms with Crippen molar-refractivity contribution in [1.29, 1.82) is 0 Å². The van der Waals surface area contributed by atoms with Crippen LogP contribution in [0.4, 0.5) is 5.69 Å². The van der Waals surface area contributed by atoms with Crippen LogP contribution < -0.4 is 5.73 Å². The van der Waals surface area contributed by atoms with Crippen molar-refractivity contribution < 1.29 is 0 Å². The molecule has 1 aromatic rings. The Morgan fingerprint density at radius 1 is 1.50 bits per heavy atom. The largest absolute Gasteiger partial charge is 0.397 e. The van der Waals surface area contributed by atoms with E-state index in [-0.39, 0.29) is 5.41 Å². The van der Waals surface area contributed by atoms with Crippen molar-refractivity contribution in [2.75, 3.05) is 12.8 Å². The van der Waals surface area contributed by atoms with E-state index in [1.165, 1.54) is 6.42 Å². The summed E-state index contributed by atoms with van der Waals surface area (Å²) in [6.45, 7) is 3.73. The van der Waals surface area contributed by atoms with Gasteiger partial charge in [0, 0.05) is 18.7 Å². The molecular formula is C13H17N3. The number of anilines is 1. The lowest BCUT2D eigenvalue weighted by Gasteiger charge is -2.38. The maximum absolute atomic E-state index is 5.81. The molecule has 1 fully saturated rings. The summed E-state index contributed by atoms with van der Waals surface area (Å²) in [4.78, 5) is 8.73. The summed E-state index contributed by atoms with van der Waals surface area (Å²) in [6, 6.07) is 3.91. The van der Waals surface area contributed by atoms with Gasteiger partial charge in [-0.05, 0) is 31.1 Å². The lowest BCUT2D eigenvalue weighted by molar-refractivity contribution is 0.339. The van der Waals surface area contributed by atoms with Gasteiger partial charge in [0.1, 0.15) is 0 Å². The number of rotatable bonds is 3. The molecule has 2 rings (SSSR count). The van der Waals surface area contributed by atoms with Gasteiger partial charge in [0.15, 0.2) is 0 Å². The average Bonchev–Trinajstić information content (AvgIpc) is 2.24. The summed E-state index contributed by atoms with van der Waals surface area (Å²) in [5.41, 5.74) is 8.37. The molecule has 0 amide bonds. The van der Waals surface area contributed by atoms with Crippen LogP contribution in [0.1, 0.15) is 30.7 Å². The van der Waals surface area contributed by atoms with Gasteiger partial charge in [0.05, 0.1) is 17.1 Å². The normalized spacial score (nSPS) is 18.3. The third-order valence-electron chi connectivity index (χ3n) is 3.28. The van der Waals surface area contributed by atoms with Crippen molar-refractivity contribution in [1.82, 2.24) is 4.98 Å².